The molecule has 0 aliphatic heterocycles. The summed E-state index contributed by atoms with van der Waals surface area (Å²) in [6.07, 6.45) is 5.41. The molecular formula is C17H37N3O. The second-order valence-corrected chi connectivity index (χ2v) is 6.75. The molecule has 21 heavy (non-hydrogen) atoms. The number of nitrogens with two attached hydrogens (primary N) is 1. The Hall–Kier alpha value is -0.610. The molecule has 0 saturated heterocycles. The Balaban J connectivity index is 4.46. The highest BCUT2D eigenvalue weighted by atomic mass is 16.1. The number of hydrogen-bond donors (Lipinski definition) is 2. The van der Waals surface area contributed by atoms with Crippen LogP contribution >= 0.6 is 0 Å². The molecule has 0 rings (SSSR count). The van der Waals surface area contributed by atoms with Crippen LogP contribution in [0.15, 0.2) is 0 Å². The lowest BCUT2D eigenvalue weighted by Crippen LogP contribution is -2.55. The standard InChI is InChI=1S/C17H37N3O/c1-7-9-12-20(15(5)8-2)13-10-11-17(6,16(18)21)19-14(3)4/h14-15,19H,7-13H2,1-6H3,(H2,18,21). The van der Waals surface area contributed by atoms with Crippen molar-refractivity contribution in [2.75, 3.05) is 13.1 Å². The molecule has 0 aromatic rings. The van der Waals surface area contributed by atoms with Crippen LogP contribution in [0.5, 0.6) is 0 Å². The van der Waals surface area contributed by atoms with Crippen LogP contribution in [0.1, 0.15) is 73.6 Å². The average Bonchev–Trinajstić information content (AvgIpc) is 2.40. The van der Waals surface area contributed by atoms with Crippen LogP contribution in [-0.4, -0.2) is 41.5 Å². The van der Waals surface area contributed by atoms with Gasteiger partial charge in [-0.25, -0.2) is 0 Å². The summed E-state index contributed by atoms with van der Waals surface area (Å²) in [4.78, 5) is 14.3. The van der Waals surface area contributed by atoms with E-state index < -0.39 is 5.54 Å². The maximum Gasteiger partial charge on any atom is 0.237 e. The number of carbonyl (C=O) groups is 1. The van der Waals surface area contributed by atoms with Gasteiger partial charge in [0.05, 0.1) is 5.54 Å². The molecular weight excluding hydrogens is 262 g/mol. The number of nitrogens with one attached hydrogen (secondary N) is 1. The van der Waals surface area contributed by atoms with E-state index in [2.05, 4.69) is 31.0 Å². The average molecular weight is 300 g/mol. The SMILES string of the molecule is CCCCN(CCCC(C)(NC(C)C)C(N)=O)C(C)CC. The van der Waals surface area contributed by atoms with Crippen molar-refractivity contribution in [3.63, 3.8) is 0 Å². The molecule has 126 valence electrons. The summed E-state index contributed by atoms with van der Waals surface area (Å²) in [6, 6.07) is 0.864. The van der Waals surface area contributed by atoms with E-state index in [1.165, 1.54) is 19.3 Å². The first kappa shape index (κ1) is 20.4. The predicted octanol–water partition coefficient (Wildman–Crippen LogP) is 2.91. The van der Waals surface area contributed by atoms with E-state index in [1.54, 1.807) is 0 Å². The zero-order valence-electron chi connectivity index (χ0n) is 15.0. The third-order valence-electron chi connectivity index (χ3n) is 4.29. The Morgan fingerprint density at radius 2 is 1.76 bits per heavy atom. The van der Waals surface area contributed by atoms with E-state index in [0.29, 0.717) is 6.04 Å². The van der Waals surface area contributed by atoms with Crippen LogP contribution in [0.2, 0.25) is 0 Å². The Morgan fingerprint density at radius 1 is 1.19 bits per heavy atom. The molecule has 4 heteroatoms. The largest absolute Gasteiger partial charge is 0.368 e. The quantitative estimate of drug-likeness (QED) is 0.582. The zero-order valence-corrected chi connectivity index (χ0v) is 15.0. The molecule has 3 N–H and O–H groups in total. The lowest BCUT2D eigenvalue weighted by Gasteiger charge is -2.32. The van der Waals surface area contributed by atoms with Gasteiger partial charge in [0.15, 0.2) is 0 Å². The number of nitrogens with zero attached hydrogens (tertiary/aromatic N) is 1. The summed E-state index contributed by atoms with van der Waals surface area (Å²) >= 11 is 0. The number of carbonyl (C=O) groups excluding carboxylic acids is 1. The fourth-order valence-corrected chi connectivity index (χ4v) is 2.71. The van der Waals surface area contributed by atoms with Gasteiger partial charge in [-0.3, -0.25) is 4.79 Å². The Kier molecular flexibility index (Phi) is 9.88. The lowest BCUT2D eigenvalue weighted by atomic mass is 9.93. The molecule has 0 aromatic heterocycles. The molecule has 1 amide bonds. The molecule has 2 atom stereocenters. The van der Waals surface area contributed by atoms with Gasteiger partial charge in [-0.1, -0.05) is 20.3 Å². The summed E-state index contributed by atoms with van der Waals surface area (Å²) < 4.78 is 0. The number of unbranched alkanes of at least 4 members (excludes halogenated alkanes) is 1. The van der Waals surface area contributed by atoms with Crippen molar-refractivity contribution < 1.29 is 4.79 Å². The van der Waals surface area contributed by atoms with Gasteiger partial charge in [-0.05, 0) is 66.5 Å². The Labute approximate surface area is 131 Å². The Bertz CT molecular complexity index is 294. The first-order chi connectivity index (χ1) is 9.76. The maximum absolute atomic E-state index is 11.7. The molecule has 2 unspecified atom stereocenters. The summed E-state index contributed by atoms with van der Waals surface area (Å²) in [5.74, 6) is -0.250. The van der Waals surface area contributed by atoms with Gasteiger partial charge in [0, 0.05) is 12.1 Å². The van der Waals surface area contributed by atoms with Crippen molar-refractivity contribution in [2.45, 2.75) is 91.3 Å². The number of amides is 1. The minimum Gasteiger partial charge on any atom is -0.368 e. The van der Waals surface area contributed by atoms with Crippen LogP contribution in [0, 0.1) is 0 Å². The highest BCUT2D eigenvalue weighted by Crippen LogP contribution is 2.15. The van der Waals surface area contributed by atoms with Crippen molar-refractivity contribution in [2.24, 2.45) is 5.73 Å². The van der Waals surface area contributed by atoms with E-state index in [1.807, 2.05) is 20.8 Å². The van der Waals surface area contributed by atoms with Crippen molar-refractivity contribution in [3.8, 4) is 0 Å². The number of hydrogen-bond acceptors (Lipinski definition) is 3. The van der Waals surface area contributed by atoms with Gasteiger partial charge in [0.1, 0.15) is 0 Å². The third-order valence-corrected chi connectivity index (χ3v) is 4.29. The van der Waals surface area contributed by atoms with Gasteiger partial charge >= 0.3 is 0 Å². The first-order valence-corrected chi connectivity index (χ1v) is 8.58. The molecule has 4 nitrogen and oxygen atoms in total. The lowest BCUT2D eigenvalue weighted by molar-refractivity contribution is -0.124. The second-order valence-electron chi connectivity index (χ2n) is 6.75. The van der Waals surface area contributed by atoms with Crippen molar-refractivity contribution in [3.05, 3.63) is 0 Å². The molecule has 0 aliphatic carbocycles. The van der Waals surface area contributed by atoms with Crippen LogP contribution in [0.4, 0.5) is 0 Å². The molecule has 0 aliphatic rings. The molecule has 0 saturated carbocycles. The summed E-state index contributed by atoms with van der Waals surface area (Å²) in [5.41, 5.74) is 4.99. The van der Waals surface area contributed by atoms with Gasteiger partial charge < -0.3 is 16.0 Å². The fourth-order valence-electron chi connectivity index (χ4n) is 2.71. The first-order valence-electron chi connectivity index (χ1n) is 8.58. The van der Waals surface area contributed by atoms with Gasteiger partial charge in [-0.2, -0.15) is 0 Å². The van der Waals surface area contributed by atoms with E-state index in [4.69, 9.17) is 5.73 Å². The minimum absolute atomic E-state index is 0.250. The van der Waals surface area contributed by atoms with Gasteiger partial charge in [-0.15, -0.1) is 0 Å². The fraction of sp³-hybridized carbons (Fsp3) is 0.941. The number of primary amides is 1. The zero-order chi connectivity index (χ0) is 16.5. The summed E-state index contributed by atoms with van der Waals surface area (Å²) in [6.45, 7) is 15.0. The minimum atomic E-state index is -0.597. The van der Waals surface area contributed by atoms with Crippen molar-refractivity contribution in [1.29, 1.82) is 0 Å². The van der Waals surface area contributed by atoms with E-state index >= 15 is 0 Å². The number of rotatable bonds is 12. The molecule has 0 heterocycles. The normalized spacial score (nSPS) is 16.2. The highest BCUT2D eigenvalue weighted by Gasteiger charge is 2.31. The summed E-state index contributed by atoms with van der Waals surface area (Å²) in [5, 5.41) is 3.32. The van der Waals surface area contributed by atoms with E-state index in [-0.39, 0.29) is 11.9 Å². The molecule has 0 fully saturated rings. The van der Waals surface area contributed by atoms with Gasteiger partial charge in [0.25, 0.3) is 0 Å². The molecule has 0 radical (unpaired) electrons. The Morgan fingerprint density at radius 3 is 2.19 bits per heavy atom. The van der Waals surface area contributed by atoms with E-state index in [0.717, 1.165) is 25.9 Å². The van der Waals surface area contributed by atoms with Gasteiger partial charge in [0.2, 0.25) is 5.91 Å². The topological polar surface area (TPSA) is 58.4 Å². The summed E-state index contributed by atoms with van der Waals surface area (Å²) in [7, 11) is 0. The molecule has 0 aromatic carbocycles. The van der Waals surface area contributed by atoms with E-state index in [9.17, 15) is 4.79 Å². The maximum atomic E-state index is 11.7. The van der Waals surface area contributed by atoms with Crippen LogP contribution in [-0.2, 0) is 4.79 Å². The second kappa shape index (κ2) is 10.2. The van der Waals surface area contributed by atoms with Crippen molar-refractivity contribution >= 4 is 5.91 Å². The monoisotopic (exact) mass is 299 g/mol. The smallest absolute Gasteiger partial charge is 0.237 e. The predicted molar refractivity (Wildman–Crippen MR) is 91.3 cm³/mol. The van der Waals surface area contributed by atoms with Crippen LogP contribution in [0.3, 0.4) is 0 Å². The third kappa shape index (κ3) is 7.82. The van der Waals surface area contributed by atoms with Crippen LogP contribution < -0.4 is 11.1 Å². The van der Waals surface area contributed by atoms with Crippen LogP contribution in [0.25, 0.3) is 0 Å². The molecule has 0 bridgehead atoms. The van der Waals surface area contributed by atoms with Crippen molar-refractivity contribution in [1.82, 2.24) is 10.2 Å². The molecule has 0 spiro atoms. The highest BCUT2D eigenvalue weighted by molar-refractivity contribution is 5.84.